The number of likely N-dealkylation sites (N-methyl/N-ethyl adjacent to an activating group) is 1. The largest absolute Gasteiger partial charge is 0.497 e. The Morgan fingerprint density at radius 3 is 2.65 bits per heavy atom. The highest BCUT2D eigenvalue weighted by atomic mass is 16.5. The predicted molar refractivity (Wildman–Crippen MR) is 77.2 cm³/mol. The molecule has 1 amide bonds. The van der Waals surface area contributed by atoms with Gasteiger partial charge in [0, 0.05) is 32.6 Å². The molecule has 0 aliphatic carbocycles. The number of carbonyl (C=O) groups excluding carboxylic acids is 1. The molecule has 1 N–H and O–H groups in total. The van der Waals surface area contributed by atoms with Gasteiger partial charge in [0.15, 0.2) is 0 Å². The molecular weight excluding hydrogens is 256 g/mol. The van der Waals surface area contributed by atoms with Gasteiger partial charge < -0.3 is 19.7 Å². The van der Waals surface area contributed by atoms with Crippen molar-refractivity contribution in [2.24, 2.45) is 0 Å². The molecule has 5 nitrogen and oxygen atoms in total. The van der Waals surface area contributed by atoms with E-state index in [-0.39, 0.29) is 5.91 Å². The third-order valence-corrected chi connectivity index (χ3v) is 3.49. The van der Waals surface area contributed by atoms with Gasteiger partial charge in [-0.3, -0.25) is 4.79 Å². The maximum absolute atomic E-state index is 11.4. The second-order valence-corrected chi connectivity index (χ2v) is 4.99. The van der Waals surface area contributed by atoms with E-state index in [1.54, 1.807) is 12.0 Å². The molecule has 110 valence electrons. The van der Waals surface area contributed by atoms with Crippen molar-refractivity contribution in [1.29, 1.82) is 0 Å². The Labute approximate surface area is 119 Å². The summed E-state index contributed by atoms with van der Waals surface area (Å²) in [5.74, 6) is 1.89. The lowest BCUT2D eigenvalue weighted by Gasteiger charge is -2.30. The Hall–Kier alpha value is -1.75. The lowest BCUT2D eigenvalue weighted by atomic mass is 10.1. The number of nitrogens with one attached hydrogen (secondary N) is 1. The van der Waals surface area contributed by atoms with Crippen LogP contribution in [-0.2, 0) is 4.79 Å². The average molecular weight is 278 g/mol. The second kappa shape index (κ2) is 7.14. The minimum absolute atomic E-state index is 0.234. The van der Waals surface area contributed by atoms with Crippen LogP contribution < -0.4 is 14.8 Å². The van der Waals surface area contributed by atoms with Gasteiger partial charge in [-0.2, -0.15) is 0 Å². The Bertz CT molecular complexity index is 433. The zero-order chi connectivity index (χ0) is 14.4. The fourth-order valence-electron chi connectivity index (χ4n) is 2.28. The third-order valence-electron chi connectivity index (χ3n) is 3.49. The minimum Gasteiger partial charge on any atom is -0.497 e. The van der Waals surface area contributed by atoms with Gasteiger partial charge in [-0.05, 0) is 30.7 Å². The Balaban J connectivity index is 1.64. The topological polar surface area (TPSA) is 50.8 Å². The van der Waals surface area contributed by atoms with Crippen molar-refractivity contribution < 1.29 is 14.3 Å². The number of hydrogen-bond acceptors (Lipinski definition) is 4. The number of benzene rings is 1. The van der Waals surface area contributed by atoms with Crippen LogP contribution in [0.1, 0.15) is 12.8 Å². The second-order valence-electron chi connectivity index (χ2n) is 4.99. The lowest BCUT2D eigenvalue weighted by molar-refractivity contribution is -0.132. The zero-order valence-electron chi connectivity index (χ0n) is 12.1. The SMILES string of the molecule is COc1ccc(OCCNC2CCC(=O)N(C)C2)cc1. The molecule has 1 fully saturated rings. The van der Waals surface area contributed by atoms with Crippen LogP contribution >= 0.6 is 0 Å². The summed E-state index contributed by atoms with van der Waals surface area (Å²) < 4.78 is 10.7. The number of piperidine rings is 1. The van der Waals surface area contributed by atoms with Gasteiger partial charge in [0.2, 0.25) is 5.91 Å². The summed E-state index contributed by atoms with van der Waals surface area (Å²) in [4.78, 5) is 13.2. The number of likely N-dealkylation sites (tertiary alicyclic amines) is 1. The van der Waals surface area contributed by atoms with E-state index < -0.39 is 0 Å². The number of rotatable bonds is 6. The standard InChI is InChI=1S/C15H22N2O3/c1-17-11-12(3-8-15(17)18)16-9-10-20-14-6-4-13(19-2)5-7-14/h4-7,12,16H,3,8-11H2,1-2H3. The number of hydrogen-bond donors (Lipinski definition) is 1. The summed E-state index contributed by atoms with van der Waals surface area (Å²) >= 11 is 0. The van der Waals surface area contributed by atoms with Gasteiger partial charge in [0.25, 0.3) is 0 Å². The molecule has 1 aliphatic heterocycles. The van der Waals surface area contributed by atoms with Gasteiger partial charge in [-0.15, -0.1) is 0 Å². The van der Waals surface area contributed by atoms with Gasteiger partial charge in [0.05, 0.1) is 7.11 Å². The van der Waals surface area contributed by atoms with Crippen molar-refractivity contribution in [2.75, 3.05) is 33.9 Å². The molecule has 0 aromatic heterocycles. The molecule has 1 aliphatic rings. The molecule has 1 unspecified atom stereocenters. The monoisotopic (exact) mass is 278 g/mol. The molecule has 2 rings (SSSR count). The van der Waals surface area contributed by atoms with Crippen molar-refractivity contribution in [1.82, 2.24) is 10.2 Å². The fraction of sp³-hybridized carbons (Fsp3) is 0.533. The predicted octanol–water partition coefficient (Wildman–Crippen LogP) is 1.28. The number of nitrogens with zero attached hydrogens (tertiary/aromatic N) is 1. The van der Waals surface area contributed by atoms with Crippen LogP contribution in [0, 0.1) is 0 Å². The van der Waals surface area contributed by atoms with Gasteiger partial charge in [-0.1, -0.05) is 0 Å². The fourth-order valence-corrected chi connectivity index (χ4v) is 2.28. The number of ether oxygens (including phenoxy) is 2. The van der Waals surface area contributed by atoms with E-state index in [4.69, 9.17) is 9.47 Å². The summed E-state index contributed by atoms with van der Waals surface area (Å²) in [6.07, 6.45) is 1.54. The molecule has 0 spiro atoms. The van der Waals surface area contributed by atoms with E-state index in [0.717, 1.165) is 31.0 Å². The quantitative estimate of drug-likeness (QED) is 0.797. The maximum Gasteiger partial charge on any atom is 0.222 e. The first-order valence-electron chi connectivity index (χ1n) is 6.93. The summed E-state index contributed by atoms with van der Waals surface area (Å²) in [5, 5.41) is 3.42. The maximum atomic E-state index is 11.4. The lowest BCUT2D eigenvalue weighted by Crippen LogP contribution is -2.47. The van der Waals surface area contributed by atoms with Crippen molar-refractivity contribution in [3.63, 3.8) is 0 Å². The number of amides is 1. The van der Waals surface area contributed by atoms with Gasteiger partial charge >= 0.3 is 0 Å². The Morgan fingerprint density at radius 2 is 2.00 bits per heavy atom. The molecule has 1 atom stereocenters. The molecule has 1 aromatic rings. The Kier molecular flexibility index (Phi) is 5.24. The third kappa shape index (κ3) is 4.13. The molecule has 1 saturated heterocycles. The van der Waals surface area contributed by atoms with Crippen LogP contribution in [0.5, 0.6) is 11.5 Å². The Morgan fingerprint density at radius 1 is 1.30 bits per heavy atom. The van der Waals surface area contributed by atoms with Crippen LogP contribution in [0.4, 0.5) is 0 Å². The van der Waals surface area contributed by atoms with E-state index in [0.29, 0.717) is 19.1 Å². The van der Waals surface area contributed by atoms with Crippen molar-refractivity contribution in [3.8, 4) is 11.5 Å². The van der Waals surface area contributed by atoms with Gasteiger partial charge in [0.1, 0.15) is 18.1 Å². The smallest absolute Gasteiger partial charge is 0.222 e. The zero-order valence-corrected chi connectivity index (χ0v) is 12.1. The van der Waals surface area contributed by atoms with E-state index in [1.165, 1.54) is 0 Å². The molecule has 0 radical (unpaired) electrons. The van der Waals surface area contributed by atoms with E-state index in [1.807, 2.05) is 31.3 Å². The van der Waals surface area contributed by atoms with Crippen molar-refractivity contribution >= 4 is 5.91 Å². The molecule has 1 heterocycles. The molecule has 5 heteroatoms. The summed E-state index contributed by atoms with van der Waals surface area (Å²) in [6, 6.07) is 7.92. The molecule has 0 saturated carbocycles. The molecule has 20 heavy (non-hydrogen) atoms. The van der Waals surface area contributed by atoms with E-state index in [2.05, 4.69) is 5.32 Å². The van der Waals surface area contributed by atoms with Gasteiger partial charge in [-0.25, -0.2) is 0 Å². The highest BCUT2D eigenvalue weighted by Gasteiger charge is 2.21. The summed E-state index contributed by atoms with van der Waals surface area (Å²) in [7, 11) is 3.50. The number of methoxy groups -OCH3 is 1. The minimum atomic E-state index is 0.234. The van der Waals surface area contributed by atoms with Crippen LogP contribution in [-0.4, -0.2) is 50.7 Å². The van der Waals surface area contributed by atoms with Crippen molar-refractivity contribution in [3.05, 3.63) is 24.3 Å². The first-order valence-corrected chi connectivity index (χ1v) is 6.93. The van der Waals surface area contributed by atoms with Crippen LogP contribution in [0.3, 0.4) is 0 Å². The van der Waals surface area contributed by atoms with Crippen LogP contribution in [0.2, 0.25) is 0 Å². The first-order chi connectivity index (χ1) is 9.69. The van der Waals surface area contributed by atoms with Crippen LogP contribution in [0.15, 0.2) is 24.3 Å². The summed E-state index contributed by atoms with van der Waals surface area (Å²) in [5.41, 5.74) is 0. The first kappa shape index (κ1) is 14.7. The van der Waals surface area contributed by atoms with E-state index in [9.17, 15) is 4.79 Å². The normalized spacial score (nSPS) is 19.0. The van der Waals surface area contributed by atoms with E-state index >= 15 is 0 Å². The molecular formula is C15H22N2O3. The highest BCUT2D eigenvalue weighted by molar-refractivity contribution is 5.76. The average Bonchev–Trinajstić information content (AvgIpc) is 2.48. The highest BCUT2D eigenvalue weighted by Crippen LogP contribution is 2.16. The van der Waals surface area contributed by atoms with Crippen LogP contribution in [0.25, 0.3) is 0 Å². The molecule has 0 bridgehead atoms. The number of carbonyl (C=O) groups is 1. The summed E-state index contributed by atoms with van der Waals surface area (Å²) in [6.45, 7) is 2.17. The van der Waals surface area contributed by atoms with Crippen molar-refractivity contribution in [2.45, 2.75) is 18.9 Å². The molecule has 1 aromatic carbocycles.